The average molecular weight is 363 g/mol. The number of nitrogens with zero attached hydrogens (tertiary/aromatic N) is 2. The summed E-state index contributed by atoms with van der Waals surface area (Å²) >= 11 is 0. The van der Waals surface area contributed by atoms with Crippen LogP contribution in [0.4, 0.5) is 10.1 Å². The standard InChI is InChI=1S/C21H18FN3O2/c1-26-19-8-15-17(9-20(19)27-2)24-11-12(10-23)21(15)25-18-7-14(18)13-5-3-4-6-16(13)22/h3-6,8-9,11,14,18H,7H2,1-2H3,(H,24,25)/t14-,18+/m0/s1. The van der Waals surface area contributed by atoms with Crippen LogP contribution in [0.25, 0.3) is 10.9 Å². The van der Waals surface area contributed by atoms with E-state index in [0.29, 0.717) is 33.8 Å². The van der Waals surface area contributed by atoms with Gasteiger partial charge in [0.25, 0.3) is 0 Å². The van der Waals surface area contributed by atoms with Crippen molar-refractivity contribution in [1.29, 1.82) is 5.26 Å². The maximum Gasteiger partial charge on any atom is 0.162 e. The number of hydrogen-bond acceptors (Lipinski definition) is 5. The molecule has 1 N–H and O–H groups in total. The zero-order chi connectivity index (χ0) is 19.0. The summed E-state index contributed by atoms with van der Waals surface area (Å²) in [5.41, 5.74) is 2.52. The Kier molecular flexibility index (Phi) is 4.28. The smallest absolute Gasteiger partial charge is 0.162 e. The maximum atomic E-state index is 14.1. The lowest BCUT2D eigenvalue weighted by molar-refractivity contribution is 0.356. The Morgan fingerprint density at radius 1 is 1.19 bits per heavy atom. The molecule has 1 fully saturated rings. The predicted molar refractivity (Wildman–Crippen MR) is 101 cm³/mol. The van der Waals surface area contributed by atoms with E-state index in [0.717, 1.165) is 11.8 Å². The highest BCUT2D eigenvalue weighted by molar-refractivity contribution is 5.96. The molecule has 2 atom stereocenters. The van der Waals surface area contributed by atoms with E-state index >= 15 is 0 Å². The van der Waals surface area contributed by atoms with Crippen molar-refractivity contribution in [2.24, 2.45) is 0 Å². The van der Waals surface area contributed by atoms with E-state index in [4.69, 9.17) is 9.47 Å². The summed E-state index contributed by atoms with van der Waals surface area (Å²) in [6, 6.07) is 12.7. The van der Waals surface area contributed by atoms with Crippen molar-refractivity contribution in [3.8, 4) is 17.6 Å². The zero-order valence-electron chi connectivity index (χ0n) is 15.0. The van der Waals surface area contributed by atoms with Gasteiger partial charge in [-0.1, -0.05) is 18.2 Å². The molecule has 1 saturated carbocycles. The number of ether oxygens (including phenoxy) is 2. The summed E-state index contributed by atoms with van der Waals surface area (Å²) in [4.78, 5) is 4.36. The van der Waals surface area contributed by atoms with Crippen LogP contribution >= 0.6 is 0 Å². The van der Waals surface area contributed by atoms with Crippen LogP contribution in [0.3, 0.4) is 0 Å². The van der Waals surface area contributed by atoms with Gasteiger partial charge in [0.05, 0.1) is 31.0 Å². The number of pyridine rings is 1. The molecule has 0 saturated heterocycles. The highest BCUT2D eigenvalue weighted by atomic mass is 19.1. The van der Waals surface area contributed by atoms with Gasteiger partial charge in [-0.25, -0.2) is 4.39 Å². The van der Waals surface area contributed by atoms with E-state index in [1.807, 2.05) is 18.2 Å². The topological polar surface area (TPSA) is 67.2 Å². The summed E-state index contributed by atoms with van der Waals surface area (Å²) in [6.07, 6.45) is 2.35. The number of benzene rings is 2. The van der Waals surface area contributed by atoms with Crippen LogP contribution in [-0.4, -0.2) is 25.2 Å². The molecule has 6 heteroatoms. The third-order valence-electron chi connectivity index (χ3n) is 4.92. The van der Waals surface area contributed by atoms with Gasteiger partial charge in [-0.2, -0.15) is 5.26 Å². The molecule has 4 rings (SSSR count). The Balaban J connectivity index is 1.73. The first-order valence-electron chi connectivity index (χ1n) is 8.62. The molecule has 1 aromatic heterocycles. The predicted octanol–water partition coefficient (Wildman–Crippen LogP) is 4.23. The molecule has 1 aliphatic rings. The summed E-state index contributed by atoms with van der Waals surface area (Å²) in [5.74, 6) is 1.02. The lowest BCUT2D eigenvalue weighted by Gasteiger charge is -2.14. The molecule has 0 amide bonds. The summed E-state index contributed by atoms with van der Waals surface area (Å²) in [6.45, 7) is 0. The molecule has 2 aromatic carbocycles. The number of methoxy groups -OCH3 is 2. The molecule has 136 valence electrons. The second-order valence-electron chi connectivity index (χ2n) is 6.50. The lowest BCUT2D eigenvalue weighted by Crippen LogP contribution is -2.08. The van der Waals surface area contributed by atoms with E-state index in [1.165, 1.54) is 12.3 Å². The van der Waals surface area contributed by atoms with Crippen molar-refractivity contribution < 1.29 is 13.9 Å². The van der Waals surface area contributed by atoms with Crippen molar-refractivity contribution in [2.75, 3.05) is 19.5 Å². The monoisotopic (exact) mass is 363 g/mol. The zero-order valence-corrected chi connectivity index (χ0v) is 15.0. The molecule has 27 heavy (non-hydrogen) atoms. The van der Waals surface area contributed by atoms with E-state index in [9.17, 15) is 9.65 Å². The van der Waals surface area contributed by atoms with Gasteiger partial charge in [-0.3, -0.25) is 4.98 Å². The largest absolute Gasteiger partial charge is 0.493 e. The van der Waals surface area contributed by atoms with Gasteiger partial charge < -0.3 is 14.8 Å². The summed E-state index contributed by atoms with van der Waals surface area (Å²) in [5, 5.41) is 13.7. The molecular formula is C21H18FN3O2. The highest BCUT2D eigenvalue weighted by Gasteiger charge is 2.40. The molecule has 3 aromatic rings. The first-order chi connectivity index (χ1) is 13.2. The molecule has 5 nitrogen and oxygen atoms in total. The van der Waals surface area contributed by atoms with Crippen molar-refractivity contribution in [2.45, 2.75) is 18.4 Å². The van der Waals surface area contributed by atoms with Crippen LogP contribution in [-0.2, 0) is 0 Å². The number of fused-ring (bicyclic) bond motifs is 1. The molecule has 0 aliphatic heterocycles. The summed E-state index contributed by atoms with van der Waals surface area (Å²) in [7, 11) is 3.13. The van der Waals surface area contributed by atoms with E-state index < -0.39 is 0 Å². The van der Waals surface area contributed by atoms with Gasteiger partial charge in [-0.15, -0.1) is 0 Å². The quantitative estimate of drug-likeness (QED) is 0.735. The van der Waals surface area contributed by atoms with Crippen LogP contribution in [0, 0.1) is 17.1 Å². The number of rotatable bonds is 5. The SMILES string of the molecule is COc1cc2ncc(C#N)c(N[C@@H]3C[C@H]3c3ccccc3F)c2cc1OC. The van der Waals surface area contributed by atoms with Crippen LogP contribution in [0.5, 0.6) is 11.5 Å². The van der Waals surface area contributed by atoms with Crippen LogP contribution in [0.2, 0.25) is 0 Å². The van der Waals surface area contributed by atoms with Crippen molar-refractivity contribution in [1.82, 2.24) is 4.98 Å². The molecule has 0 spiro atoms. The number of halogens is 1. The maximum absolute atomic E-state index is 14.1. The molecule has 0 bridgehead atoms. The van der Waals surface area contributed by atoms with E-state index in [-0.39, 0.29) is 17.8 Å². The van der Waals surface area contributed by atoms with E-state index in [2.05, 4.69) is 16.4 Å². The number of nitrogens with one attached hydrogen (secondary N) is 1. The van der Waals surface area contributed by atoms with Gasteiger partial charge in [0, 0.05) is 29.6 Å². The number of nitriles is 1. The van der Waals surface area contributed by atoms with Crippen LogP contribution in [0.1, 0.15) is 23.5 Å². The van der Waals surface area contributed by atoms with E-state index in [1.54, 1.807) is 26.4 Å². The normalized spacial score (nSPS) is 18.0. The second kappa shape index (κ2) is 6.76. The number of aromatic nitrogens is 1. The average Bonchev–Trinajstić information content (AvgIpc) is 3.46. The lowest BCUT2D eigenvalue weighted by atomic mass is 10.1. The molecule has 1 aliphatic carbocycles. The van der Waals surface area contributed by atoms with Gasteiger partial charge in [0.2, 0.25) is 0 Å². The Morgan fingerprint density at radius 3 is 2.63 bits per heavy atom. The van der Waals surface area contributed by atoms with Crippen LogP contribution in [0.15, 0.2) is 42.6 Å². The van der Waals surface area contributed by atoms with Crippen LogP contribution < -0.4 is 14.8 Å². The van der Waals surface area contributed by atoms with Gasteiger partial charge in [0.1, 0.15) is 11.9 Å². The van der Waals surface area contributed by atoms with Gasteiger partial charge in [0.15, 0.2) is 11.5 Å². The molecule has 1 heterocycles. The fourth-order valence-electron chi connectivity index (χ4n) is 3.42. The second-order valence-corrected chi connectivity index (χ2v) is 6.50. The van der Waals surface area contributed by atoms with Crippen molar-refractivity contribution in [3.05, 3.63) is 59.5 Å². The minimum atomic E-state index is -0.196. The Hall–Kier alpha value is -3.33. The highest BCUT2D eigenvalue weighted by Crippen LogP contribution is 2.45. The Labute approximate surface area is 156 Å². The Bertz CT molecular complexity index is 1060. The van der Waals surface area contributed by atoms with Crippen molar-refractivity contribution >= 4 is 16.6 Å². The molecule has 0 radical (unpaired) electrons. The minimum absolute atomic E-state index is 0.0627. The first kappa shape index (κ1) is 17.1. The third kappa shape index (κ3) is 3.02. The van der Waals surface area contributed by atoms with Gasteiger partial charge in [-0.05, 0) is 24.1 Å². The Morgan fingerprint density at radius 2 is 1.93 bits per heavy atom. The fourth-order valence-corrected chi connectivity index (χ4v) is 3.42. The summed E-state index contributed by atoms with van der Waals surface area (Å²) < 4.78 is 24.8. The molecule has 0 unspecified atom stereocenters. The minimum Gasteiger partial charge on any atom is -0.493 e. The molecular weight excluding hydrogens is 345 g/mol. The first-order valence-corrected chi connectivity index (χ1v) is 8.62. The number of hydrogen-bond donors (Lipinski definition) is 1. The fraction of sp³-hybridized carbons (Fsp3) is 0.238. The third-order valence-corrected chi connectivity index (χ3v) is 4.92. The van der Waals surface area contributed by atoms with Crippen molar-refractivity contribution in [3.63, 3.8) is 0 Å². The number of anilines is 1. The van der Waals surface area contributed by atoms with Gasteiger partial charge >= 0.3 is 0 Å².